The third-order valence-electron chi connectivity index (χ3n) is 3.24. The van der Waals surface area contributed by atoms with Crippen LogP contribution >= 0.6 is 11.3 Å². The summed E-state index contributed by atoms with van der Waals surface area (Å²) in [4.78, 5) is 20.2. The van der Waals surface area contributed by atoms with Gasteiger partial charge in [-0.05, 0) is 24.6 Å². The van der Waals surface area contributed by atoms with Crippen LogP contribution in [0, 0.1) is 6.92 Å². The van der Waals surface area contributed by atoms with Crippen LogP contribution in [-0.2, 0) is 13.2 Å². The van der Waals surface area contributed by atoms with Crippen LogP contribution in [0.15, 0.2) is 18.5 Å². The molecule has 0 bridgehead atoms. The van der Waals surface area contributed by atoms with Crippen LogP contribution in [0.3, 0.4) is 0 Å². The SMILES string of the molecule is Cc1c(C(=O)Nc2ncnn2C)sc2nc(C(F)(F)F)ccc12. The largest absolute Gasteiger partial charge is 0.433 e. The third-order valence-corrected chi connectivity index (χ3v) is 4.44. The van der Waals surface area contributed by atoms with Crippen molar-refractivity contribution in [1.29, 1.82) is 0 Å². The number of rotatable bonds is 2. The second-order valence-electron chi connectivity index (χ2n) is 4.76. The first kappa shape index (κ1) is 15.4. The number of pyridine rings is 1. The van der Waals surface area contributed by atoms with Gasteiger partial charge in [-0.25, -0.2) is 9.67 Å². The summed E-state index contributed by atoms with van der Waals surface area (Å²) in [7, 11) is 1.61. The predicted octanol–water partition coefficient (Wildman–Crippen LogP) is 3.00. The average molecular weight is 341 g/mol. The van der Waals surface area contributed by atoms with Crippen LogP contribution in [0.25, 0.3) is 10.2 Å². The van der Waals surface area contributed by atoms with Crippen LogP contribution in [0.4, 0.5) is 19.1 Å². The Morgan fingerprint density at radius 3 is 2.70 bits per heavy atom. The number of halogens is 3. The molecule has 0 radical (unpaired) electrons. The van der Waals surface area contributed by atoms with E-state index in [4.69, 9.17) is 0 Å². The van der Waals surface area contributed by atoms with Crippen molar-refractivity contribution in [3.8, 4) is 0 Å². The smallest absolute Gasteiger partial charge is 0.290 e. The Bertz CT molecular complexity index is 899. The number of amides is 1. The lowest BCUT2D eigenvalue weighted by Gasteiger charge is -2.04. The Morgan fingerprint density at radius 2 is 2.09 bits per heavy atom. The van der Waals surface area contributed by atoms with Crippen molar-refractivity contribution in [3.63, 3.8) is 0 Å². The molecule has 23 heavy (non-hydrogen) atoms. The molecule has 0 aliphatic heterocycles. The van der Waals surface area contributed by atoms with E-state index in [9.17, 15) is 18.0 Å². The highest BCUT2D eigenvalue weighted by Crippen LogP contribution is 2.34. The fraction of sp³-hybridized carbons (Fsp3) is 0.231. The molecule has 3 heterocycles. The van der Waals surface area contributed by atoms with Gasteiger partial charge in [-0.1, -0.05) is 0 Å². The lowest BCUT2D eigenvalue weighted by atomic mass is 10.2. The maximum Gasteiger partial charge on any atom is 0.433 e. The molecule has 0 aliphatic carbocycles. The minimum atomic E-state index is -4.52. The standard InChI is InChI=1S/C13H10F3N5OS/c1-6-7-3-4-8(13(14,15)16)19-11(7)23-9(6)10(22)20-12-17-5-18-21(12)2/h3-5H,1-2H3,(H,17,18,20,22). The van der Waals surface area contributed by atoms with Gasteiger partial charge in [0, 0.05) is 12.4 Å². The van der Waals surface area contributed by atoms with Gasteiger partial charge in [-0.2, -0.15) is 23.3 Å². The molecule has 10 heteroatoms. The number of hydrogen-bond donors (Lipinski definition) is 1. The Kier molecular flexibility index (Phi) is 3.55. The molecule has 0 fully saturated rings. The van der Waals surface area contributed by atoms with E-state index in [0.717, 1.165) is 17.4 Å². The monoisotopic (exact) mass is 341 g/mol. The van der Waals surface area contributed by atoms with Crippen molar-refractivity contribution in [2.75, 3.05) is 5.32 Å². The van der Waals surface area contributed by atoms with Crippen molar-refractivity contribution < 1.29 is 18.0 Å². The summed E-state index contributed by atoms with van der Waals surface area (Å²) in [6.07, 6.45) is -3.24. The normalized spacial score (nSPS) is 11.9. The molecule has 0 saturated carbocycles. The number of hydrogen-bond acceptors (Lipinski definition) is 5. The molecule has 6 nitrogen and oxygen atoms in total. The quantitative estimate of drug-likeness (QED) is 0.778. The molecule has 3 rings (SSSR count). The lowest BCUT2D eigenvalue weighted by molar-refractivity contribution is -0.140. The summed E-state index contributed by atoms with van der Waals surface area (Å²) >= 11 is 0.909. The summed E-state index contributed by atoms with van der Waals surface area (Å²) in [5, 5.41) is 6.91. The second-order valence-corrected chi connectivity index (χ2v) is 5.76. The molecule has 0 saturated heterocycles. The van der Waals surface area contributed by atoms with Gasteiger partial charge >= 0.3 is 6.18 Å². The maximum atomic E-state index is 12.7. The van der Waals surface area contributed by atoms with Crippen molar-refractivity contribution in [2.24, 2.45) is 7.05 Å². The van der Waals surface area contributed by atoms with Crippen LogP contribution in [0.2, 0.25) is 0 Å². The van der Waals surface area contributed by atoms with E-state index in [1.54, 1.807) is 14.0 Å². The number of nitrogens with zero attached hydrogens (tertiary/aromatic N) is 4. The van der Waals surface area contributed by atoms with E-state index in [0.29, 0.717) is 10.9 Å². The van der Waals surface area contributed by atoms with E-state index in [-0.39, 0.29) is 15.7 Å². The zero-order valence-electron chi connectivity index (χ0n) is 12.0. The molecule has 120 valence electrons. The number of nitrogens with one attached hydrogen (secondary N) is 1. The van der Waals surface area contributed by atoms with Gasteiger partial charge in [0.25, 0.3) is 5.91 Å². The van der Waals surface area contributed by atoms with Crippen LogP contribution < -0.4 is 5.32 Å². The second kappa shape index (κ2) is 5.30. The van der Waals surface area contributed by atoms with E-state index in [2.05, 4.69) is 20.4 Å². The first-order valence-corrected chi connectivity index (χ1v) is 7.21. The van der Waals surface area contributed by atoms with Crippen molar-refractivity contribution >= 4 is 33.4 Å². The van der Waals surface area contributed by atoms with Crippen LogP contribution in [0.1, 0.15) is 20.9 Å². The number of aryl methyl sites for hydroxylation is 2. The molecular formula is C13H10F3N5OS. The first-order chi connectivity index (χ1) is 10.8. The molecule has 0 unspecified atom stereocenters. The van der Waals surface area contributed by atoms with Gasteiger partial charge in [0.15, 0.2) is 0 Å². The Labute approximate surface area is 132 Å². The highest BCUT2D eigenvalue weighted by atomic mass is 32.1. The van der Waals surface area contributed by atoms with Gasteiger partial charge in [0.1, 0.15) is 16.9 Å². The van der Waals surface area contributed by atoms with Gasteiger partial charge in [-0.15, -0.1) is 11.3 Å². The van der Waals surface area contributed by atoms with Crippen molar-refractivity contribution in [2.45, 2.75) is 13.1 Å². The zero-order chi connectivity index (χ0) is 16.8. The summed E-state index contributed by atoms with van der Waals surface area (Å²) in [6, 6.07) is 2.24. The van der Waals surface area contributed by atoms with Crippen LogP contribution in [-0.4, -0.2) is 25.7 Å². The number of carbonyl (C=O) groups excluding carboxylic acids is 1. The highest BCUT2D eigenvalue weighted by molar-refractivity contribution is 7.20. The molecule has 0 spiro atoms. The molecule has 3 aromatic rings. The van der Waals surface area contributed by atoms with Gasteiger partial charge in [-0.3, -0.25) is 10.1 Å². The molecule has 3 aromatic heterocycles. The topological polar surface area (TPSA) is 72.7 Å². The number of alkyl halides is 3. The van der Waals surface area contributed by atoms with Crippen LogP contribution in [0.5, 0.6) is 0 Å². The van der Waals surface area contributed by atoms with Crippen molar-refractivity contribution in [3.05, 3.63) is 34.6 Å². The number of carbonyl (C=O) groups is 1. The van der Waals surface area contributed by atoms with E-state index < -0.39 is 17.8 Å². The molecule has 1 amide bonds. The minimum absolute atomic E-state index is 0.167. The summed E-state index contributed by atoms with van der Waals surface area (Å²) in [6.45, 7) is 1.67. The minimum Gasteiger partial charge on any atom is -0.290 e. The summed E-state index contributed by atoms with van der Waals surface area (Å²) < 4.78 is 39.5. The van der Waals surface area contributed by atoms with E-state index in [1.807, 2.05) is 0 Å². The number of thiophene rings is 1. The lowest BCUT2D eigenvalue weighted by Crippen LogP contribution is -2.14. The average Bonchev–Trinajstić information content (AvgIpc) is 3.02. The molecule has 1 N–H and O–H groups in total. The molecule has 0 aliphatic rings. The van der Waals surface area contributed by atoms with Gasteiger partial charge in [0.05, 0.1) is 4.88 Å². The van der Waals surface area contributed by atoms with E-state index in [1.165, 1.54) is 17.1 Å². The molecule has 0 atom stereocenters. The molecule has 0 aromatic carbocycles. The number of fused-ring (bicyclic) bond motifs is 1. The van der Waals surface area contributed by atoms with E-state index >= 15 is 0 Å². The summed E-state index contributed by atoms with van der Waals surface area (Å²) in [5.74, 6) is -0.217. The number of aromatic nitrogens is 4. The Morgan fingerprint density at radius 1 is 1.35 bits per heavy atom. The first-order valence-electron chi connectivity index (χ1n) is 6.40. The van der Waals surface area contributed by atoms with Gasteiger partial charge in [0.2, 0.25) is 5.95 Å². The molecular weight excluding hydrogens is 331 g/mol. The predicted molar refractivity (Wildman–Crippen MR) is 78.3 cm³/mol. The summed E-state index contributed by atoms with van der Waals surface area (Å²) in [5.41, 5.74) is -0.405. The third kappa shape index (κ3) is 2.77. The Balaban J connectivity index is 2.00. The highest BCUT2D eigenvalue weighted by Gasteiger charge is 2.33. The maximum absolute atomic E-state index is 12.7. The fourth-order valence-corrected chi connectivity index (χ4v) is 3.12. The van der Waals surface area contributed by atoms with Crippen molar-refractivity contribution in [1.82, 2.24) is 19.7 Å². The zero-order valence-corrected chi connectivity index (χ0v) is 12.8. The Hall–Kier alpha value is -2.49. The van der Waals surface area contributed by atoms with Gasteiger partial charge < -0.3 is 0 Å². The fourth-order valence-electron chi connectivity index (χ4n) is 2.04. The number of anilines is 1.